The SMILES string of the molecule is C=C[C@@H](O)CCC/C=C/[C@@H]1C[C@H](O[Si](C)(C)C(C)(C)C)C[C@H]1[C@@H](/C=C/C(=O)OC)O[Si](C)(C)C(C)(C)C. The van der Waals surface area contributed by atoms with Crippen LogP contribution in [0.5, 0.6) is 0 Å². The molecule has 0 aromatic rings. The Bertz CT molecular complexity index is 789. The molecule has 0 saturated heterocycles. The summed E-state index contributed by atoms with van der Waals surface area (Å²) in [6.07, 6.45) is 13.5. The van der Waals surface area contributed by atoms with Gasteiger partial charge in [-0.05, 0) is 86.3 Å². The van der Waals surface area contributed by atoms with Crippen molar-refractivity contribution in [2.45, 2.75) is 128 Å². The number of carbonyl (C=O) groups excluding carboxylic acids is 1. The number of esters is 1. The molecule has 0 aliphatic heterocycles. The number of methoxy groups -OCH3 is 1. The Morgan fingerprint density at radius 2 is 1.65 bits per heavy atom. The van der Waals surface area contributed by atoms with E-state index in [1.54, 1.807) is 6.08 Å². The Balaban J connectivity index is 3.27. The zero-order valence-electron chi connectivity index (χ0n) is 25.6. The Labute approximate surface area is 230 Å². The van der Waals surface area contributed by atoms with Gasteiger partial charge in [0.25, 0.3) is 0 Å². The quantitative estimate of drug-likeness (QED) is 0.0830. The highest BCUT2D eigenvalue weighted by Crippen LogP contribution is 2.46. The van der Waals surface area contributed by atoms with Crippen molar-refractivity contribution in [3.05, 3.63) is 37.0 Å². The molecule has 0 heterocycles. The van der Waals surface area contributed by atoms with Crippen LogP contribution < -0.4 is 0 Å². The number of carbonyl (C=O) groups is 1. The molecule has 0 aromatic carbocycles. The fourth-order valence-electron chi connectivity index (χ4n) is 4.20. The van der Waals surface area contributed by atoms with E-state index in [-0.39, 0.29) is 40.1 Å². The van der Waals surface area contributed by atoms with Crippen molar-refractivity contribution in [2.24, 2.45) is 11.8 Å². The molecule has 37 heavy (non-hydrogen) atoms. The standard InChI is InChI=1S/C30H56O5Si2/c1-13-24(31)18-16-14-15-17-23-21-25(34-36(9,10)29(2,3)4)22-26(23)27(19-20-28(32)33-8)35-37(11,12)30(5,6)7/h13,15,17,19-20,23-27,31H,1,14,16,18,21-22H2,2-12H3/b17-15+,20-19+/t23-,24-,25+,26-,27-/m1/s1. The number of hydrogen-bond acceptors (Lipinski definition) is 5. The monoisotopic (exact) mass is 552 g/mol. The summed E-state index contributed by atoms with van der Waals surface area (Å²) in [5.41, 5.74) is 0. The summed E-state index contributed by atoms with van der Waals surface area (Å²) in [6, 6.07) is 0. The maximum absolute atomic E-state index is 12.0. The average molecular weight is 553 g/mol. The Morgan fingerprint density at radius 3 is 2.16 bits per heavy atom. The maximum Gasteiger partial charge on any atom is 0.330 e. The van der Waals surface area contributed by atoms with E-state index in [2.05, 4.69) is 86.5 Å². The predicted octanol–water partition coefficient (Wildman–Crippen LogP) is 7.80. The highest BCUT2D eigenvalue weighted by atomic mass is 28.4. The predicted molar refractivity (Wildman–Crippen MR) is 161 cm³/mol. The number of ether oxygens (including phenoxy) is 1. The van der Waals surface area contributed by atoms with Gasteiger partial charge in [0, 0.05) is 12.2 Å². The number of aliphatic hydroxyl groups is 1. The second kappa shape index (κ2) is 13.9. The molecule has 1 fully saturated rings. The minimum atomic E-state index is -2.10. The fourth-order valence-corrected chi connectivity index (χ4v) is 6.87. The minimum Gasteiger partial charge on any atom is -0.466 e. The van der Waals surface area contributed by atoms with Crippen molar-refractivity contribution >= 4 is 22.6 Å². The second-order valence-electron chi connectivity index (χ2n) is 13.7. The van der Waals surface area contributed by atoms with Gasteiger partial charge in [0.1, 0.15) is 0 Å². The third-order valence-corrected chi connectivity index (χ3v) is 17.7. The number of allylic oxidation sites excluding steroid dienone is 2. The molecule has 0 bridgehead atoms. The van der Waals surface area contributed by atoms with E-state index in [1.807, 2.05) is 6.08 Å². The minimum absolute atomic E-state index is 0.0529. The average Bonchev–Trinajstić information content (AvgIpc) is 3.15. The molecule has 0 unspecified atom stereocenters. The molecule has 1 N–H and O–H groups in total. The van der Waals surface area contributed by atoms with Crippen LogP contribution in [-0.4, -0.2) is 53.1 Å². The van der Waals surface area contributed by atoms with Crippen LogP contribution in [0.3, 0.4) is 0 Å². The van der Waals surface area contributed by atoms with E-state index in [1.165, 1.54) is 13.2 Å². The zero-order chi connectivity index (χ0) is 28.7. The first-order chi connectivity index (χ1) is 16.8. The molecular formula is C30H56O5Si2. The van der Waals surface area contributed by atoms with Gasteiger partial charge in [-0.2, -0.15) is 0 Å². The highest BCUT2D eigenvalue weighted by molar-refractivity contribution is 6.74. The van der Waals surface area contributed by atoms with E-state index in [0.717, 1.165) is 32.1 Å². The first-order valence-corrected chi connectivity index (χ1v) is 19.8. The van der Waals surface area contributed by atoms with Crippen LogP contribution in [0.4, 0.5) is 0 Å². The summed E-state index contributed by atoms with van der Waals surface area (Å²) in [6.45, 7) is 26.4. The first kappa shape index (κ1) is 34.0. The summed E-state index contributed by atoms with van der Waals surface area (Å²) in [7, 11) is -2.63. The van der Waals surface area contributed by atoms with E-state index in [0.29, 0.717) is 0 Å². The summed E-state index contributed by atoms with van der Waals surface area (Å²) in [4.78, 5) is 12.0. The summed E-state index contributed by atoms with van der Waals surface area (Å²) in [5, 5.41) is 9.97. The molecule has 5 atom stereocenters. The maximum atomic E-state index is 12.0. The van der Waals surface area contributed by atoms with Crippen molar-refractivity contribution in [1.82, 2.24) is 0 Å². The Hall–Kier alpha value is -0.996. The van der Waals surface area contributed by atoms with E-state index < -0.39 is 22.7 Å². The van der Waals surface area contributed by atoms with Crippen molar-refractivity contribution in [3.63, 3.8) is 0 Å². The van der Waals surface area contributed by atoms with Crippen molar-refractivity contribution < 1.29 is 23.5 Å². The summed E-state index contributed by atoms with van der Waals surface area (Å²) < 4.78 is 18.7. The second-order valence-corrected chi connectivity index (χ2v) is 23.2. The van der Waals surface area contributed by atoms with E-state index in [9.17, 15) is 9.90 Å². The topological polar surface area (TPSA) is 65.0 Å². The molecule has 7 heteroatoms. The molecule has 5 nitrogen and oxygen atoms in total. The fraction of sp³-hybridized carbons (Fsp3) is 0.767. The lowest BCUT2D eigenvalue weighted by molar-refractivity contribution is -0.134. The van der Waals surface area contributed by atoms with Crippen molar-refractivity contribution in [2.75, 3.05) is 7.11 Å². The van der Waals surface area contributed by atoms with Gasteiger partial charge in [0.05, 0.1) is 19.3 Å². The van der Waals surface area contributed by atoms with Crippen LogP contribution in [0.1, 0.15) is 73.6 Å². The molecule has 1 aliphatic carbocycles. The van der Waals surface area contributed by atoms with Gasteiger partial charge >= 0.3 is 5.97 Å². The van der Waals surface area contributed by atoms with Gasteiger partial charge in [-0.1, -0.05) is 59.8 Å². The number of hydrogen-bond donors (Lipinski definition) is 1. The molecule has 1 aliphatic rings. The summed E-state index contributed by atoms with van der Waals surface area (Å²) in [5.74, 6) is 0.139. The summed E-state index contributed by atoms with van der Waals surface area (Å²) >= 11 is 0. The van der Waals surface area contributed by atoms with Gasteiger partial charge in [-0.25, -0.2) is 4.79 Å². The van der Waals surface area contributed by atoms with Crippen LogP contribution in [-0.2, 0) is 18.4 Å². The van der Waals surface area contributed by atoms with Gasteiger partial charge in [0.15, 0.2) is 16.6 Å². The van der Waals surface area contributed by atoms with Crippen LogP contribution >= 0.6 is 0 Å². The Kier molecular flexibility index (Phi) is 12.8. The molecule has 0 aromatic heterocycles. The van der Waals surface area contributed by atoms with Crippen molar-refractivity contribution in [3.8, 4) is 0 Å². The van der Waals surface area contributed by atoms with Gasteiger partial charge in [-0.3, -0.25) is 0 Å². The third kappa shape index (κ3) is 10.6. The van der Waals surface area contributed by atoms with Gasteiger partial charge in [-0.15, -0.1) is 6.58 Å². The molecule has 1 saturated carbocycles. The Morgan fingerprint density at radius 1 is 1.05 bits per heavy atom. The molecule has 0 radical (unpaired) electrons. The normalized spacial score (nSPS) is 23.5. The van der Waals surface area contributed by atoms with E-state index >= 15 is 0 Å². The van der Waals surface area contributed by atoms with Crippen LogP contribution in [0, 0.1) is 11.8 Å². The molecule has 0 amide bonds. The third-order valence-electron chi connectivity index (χ3n) is 8.70. The number of unbranched alkanes of at least 4 members (excludes halogenated alkanes) is 1. The molecular weight excluding hydrogens is 496 g/mol. The van der Waals surface area contributed by atoms with Crippen molar-refractivity contribution in [1.29, 1.82) is 0 Å². The molecule has 214 valence electrons. The van der Waals surface area contributed by atoms with Crippen LogP contribution in [0.2, 0.25) is 36.3 Å². The molecule has 0 spiro atoms. The lowest BCUT2D eigenvalue weighted by Gasteiger charge is -2.41. The largest absolute Gasteiger partial charge is 0.466 e. The number of rotatable bonds is 13. The molecule has 1 rings (SSSR count). The number of aliphatic hydroxyl groups excluding tert-OH is 1. The first-order valence-electron chi connectivity index (χ1n) is 13.9. The van der Waals surface area contributed by atoms with Crippen LogP contribution in [0.25, 0.3) is 0 Å². The highest BCUT2D eigenvalue weighted by Gasteiger charge is 2.46. The van der Waals surface area contributed by atoms with Crippen LogP contribution in [0.15, 0.2) is 37.0 Å². The lowest BCUT2D eigenvalue weighted by atomic mass is 9.89. The van der Waals surface area contributed by atoms with E-state index in [4.69, 9.17) is 13.6 Å². The lowest BCUT2D eigenvalue weighted by Crippen LogP contribution is -2.46. The van der Waals surface area contributed by atoms with Gasteiger partial charge in [0.2, 0.25) is 0 Å². The smallest absolute Gasteiger partial charge is 0.330 e. The van der Waals surface area contributed by atoms with Gasteiger partial charge < -0.3 is 18.7 Å². The zero-order valence-corrected chi connectivity index (χ0v) is 27.6.